The average molecular weight is 343 g/mol. The SMILES string of the molecule is COc1ccc2c(c1)c(CCN(C)C)cn2CCN1CC2(COC2)C1. The van der Waals surface area contributed by atoms with Gasteiger partial charge < -0.3 is 23.8 Å². The molecule has 0 aliphatic carbocycles. The molecule has 0 N–H and O–H groups in total. The second kappa shape index (κ2) is 6.63. The maximum Gasteiger partial charge on any atom is 0.119 e. The minimum Gasteiger partial charge on any atom is -0.497 e. The monoisotopic (exact) mass is 343 g/mol. The third-order valence-corrected chi connectivity index (χ3v) is 5.59. The van der Waals surface area contributed by atoms with Crippen molar-refractivity contribution in [1.82, 2.24) is 14.4 Å². The van der Waals surface area contributed by atoms with Crippen LogP contribution in [0.1, 0.15) is 5.56 Å². The number of rotatable bonds is 7. The topological polar surface area (TPSA) is 29.9 Å². The Bertz CT molecular complexity index is 741. The zero-order chi connectivity index (χ0) is 17.4. The van der Waals surface area contributed by atoms with Crippen LogP contribution in [0.3, 0.4) is 0 Å². The average Bonchev–Trinajstić information content (AvgIpc) is 2.87. The molecule has 1 aromatic carbocycles. The van der Waals surface area contributed by atoms with E-state index in [1.807, 2.05) is 0 Å². The Morgan fingerprint density at radius 3 is 2.64 bits per heavy atom. The first-order valence-corrected chi connectivity index (χ1v) is 9.19. The van der Waals surface area contributed by atoms with Crippen molar-refractivity contribution in [2.75, 3.05) is 60.6 Å². The summed E-state index contributed by atoms with van der Waals surface area (Å²) in [6.45, 7) is 7.55. The van der Waals surface area contributed by atoms with Crippen molar-refractivity contribution in [3.63, 3.8) is 0 Å². The van der Waals surface area contributed by atoms with Gasteiger partial charge in [-0.1, -0.05) is 0 Å². The molecule has 0 radical (unpaired) electrons. The molecule has 4 rings (SSSR count). The molecule has 2 aromatic rings. The Hall–Kier alpha value is -1.56. The first kappa shape index (κ1) is 16.9. The second-order valence-electron chi connectivity index (χ2n) is 7.99. The number of benzene rings is 1. The van der Waals surface area contributed by atoms with Gasteiger partial charge >= 0.3 is 0 Å². The molecule has 0 amide bonds. The zero-order valence-electron chi connectivity index (χ0n) is 15.6. The van der Waals surface area contributed by atoms with E-state index in [0.29, 0.717) is 5.41 Å². The van der Waals surface area contributed by atoms with Crippen molar-refractivity contribution < 1.29 is 9.47 Å². The fraction of sp³-hybridized carbons (Fsp3) is 0.600. The largest absolute Gasteiger partial charge is 0.497 e. The summed E-state index contributed by atoms with van der Waals surface area (Å²) in [7, 11) is 5.99. The Morgan fingerprint density at radius 2 is 2.00 bits per heavy atom. The predicted molar refractivity (Wildman–Crippen MR) is 100 cm³/mol. The number of nitrogens with zero attached hydrogens (tertiary/aromatic N) is 3. The van der Waals surface area contributed by atoms with Crippen LogP contribution in [-0.4, -0.2) is 75.0 Å². The van der Waals surface area contributed by atoms with Gasteiger partial charge in [0.1, 0.15) is 5.75 Å². The number of hydrogen-bond donors (Lipinski definition) is 0. The molecule has 5 heteroatoms. The molecule has 0 unspecified atom stereocenters. The summed E-state index contributed by atoms with van der Waals surface area (Å²) in [5.74, 6) is 0.936. The molecule has 3 heterocycles. The van der Waals surface area contributed by atoms with Gasteiger partial charge in [-0.3, -0.25) is 0 Å². The van der Waals surface area contributed by atoms with Gasteiger partial charge in [0.2, 0.25) is 0 Å². The van der Waals surface area contributed by atoms with Gasteiger partial charge in [0.25, 0.3) is 0 Å². The lowest BCUT2D eigenvalue weighted by Gasteiger charge is -2.55. The van der Waals surface area contributed by atoms with Crippen LogP contribution in [0.4, 0.5) is 0 Å². The van der Waals surface area contributed by atoms with Gasteiger partial charge in [0.15, 0.2) is 0 Å². The zero-order valence-corrected chi connectivity index (χ0v) is 15.6. The third kappa shape index (κ3) is 3.28. The Kier molecular flexibility index (Phi) is 4.48. The van der Waals surface area contributed by atoms with Gasteiger partial charge in [-0.15, -0.1) is 0 Å². The molecule has 2 fully saturated rings. The van der Waals surface area contributed by atoms with Crippen molar-refractivity contribution in [2.24, 2.45) is 5.41 Å². The first-order chi connectivity index (χ1) is 12.1. The number of aromatic nitrogens is 1. The maximum absolute atomic E-state index is 5.44. The Morgan fingerprint density at radius 1 is 1.20 bits per heavy atom. The van der Waals surface area contributed by atoms with E-state index in [-0.39, 0.29) is 0 Å². The van der Waals surface area contributed by atoms with Crippen LogP contribution in [0.15, 0.2) is 24.4 Å². The van der Waals surface area contributed by atoms with Gasteiger partial charge in [0, 0.05) is 55.2 Å². The van der Waals surface area contributed by atoms with E-state index < -0.39 is 0 Å². The van der Waals surface area contributed by atoms with E-state index in [4.69, 9.17) is 9.47 Å². The molecule has 0 saturated carbocycles. The highest BCUT2D eigenvalue weighted by Gasteiger charge is 2.48. The van der Waals surface area contributed by atoms with Crippen molar-refractivity contribution in [2.45, 2.75) is 13.0 Å². The minimum absolute atomic E-state index is 0.503. The molecular formula is C20H29N3O2. The van der Waals surface area contributed by atoms with E-state index in [1.54, 1.807) is 7.11 Å². The van der Waals surface area contributed by atoms with Gasteiger partial charge in [-0.05, 0) is 44.3 Å². The molecule has 2 aliphatic heterocycles. The maximum atomic E-state index is 5.44. The van der Waals surface area contributed by atoms with Crippen molar-refractivity contribution in [1.29, 1.82) is 0 Å². The molecule has 25 heavy (non-hydrogen) atoms. The molecule has 2 saturated heterocycles. The number of likely N-dealkylation sites (tertiary alicyclic amines) is 1. The molecule has 1 spiro atoms. The quantitative estimate of drug-likeness (QED) is 0.770. The van der Waals surface area contributed by atoms with E-state index in [0.717, 1.165) is 45.0 Å². The highest BCUT2D eigenvalue weighted by atomic mass is 16.5. The fourth-order valence-electron chi connectivity index (χ4n) is 4.09. The summed E-state index contributed by atoms with van der Waals surface area (Å²) in [4.78, 5) is 4.79. The number of methoxy groups -OCH3 is 1. The second-order valence-corrected chi connectivity index (χ2v) is 7.99. The molecular weight excluding hydrogens is 314 g/mol. The summed E-state index contributed by atoms with van der Waals surface area (Å²) < 4.78 is 13.2. The number of likely N-dealkylation sites (N-methyl/N-ethyl adjacent to an activating group) is 1. The molecule has 5 nitrogen and oxygen atoms in total. The van der Waals surface area contributed by atoms with Crippen LogP contribution in [0.2, 0.25) is 0 Å². The standard InChI is InChI=1S/C20H29N3O2/c1-21(2)7-6-16-11-23(19-5-4-17(24-3)10-18(16)19)9-8-22-12-20(13-22)14-25-15-20/h4-5,10-11H,6-9,12-15H2,1-3H3. The van der Waals surface area contributed by atoms with Crippen molar-refractivity contribution in [3.05, 3.63) is 30.0 Å². The normalized spacial score (nSPS) is 19.4. The van der Waals surface area contributed by atoms with Crippen LogP contribution >= 0.6 is 0 Å². The summed E-state index contributed by atoms with van der Waals surface area (Å²) in [6, 6.07) is 6.45. The highest BCUT2D eigenvalue weighted by Crippen LogP contribution is 2.37. The predicted octanol–water partition coefficient (Wildman–Crippen LogP) is 2.09. The van der Waals surface area contributed by atoms with Crippen LogP contribution in [0, 0.1) is 5.41 Å². The van der Waals surface area contributed by atoms with E-state index in [9.17, 15) is 0 Å². The summed E-state index contributed by atoms with van der Waals surface area (Å²) in [6.07, 6.45) is 3.41. The highest BCUT2D eigenvalue weighted by molar-refractivity contribution is 5.85. The minimum atomic E-state index is 0.503. The van der Waals surface area contributed by atoms with Crippen LogP contribution < -0.4 is 4.74 Å². The van der Waals surface area contributed by atoms with Crippen molar-refractivity contribution >= 4 is 10.9 Å². The van der Waals surface area contributed by atoms with Crippen molar-refractivity contribution in [3.8, 4) is 5.75 Å². The van der Waals surface area contributed by atoms with E-state index in [2.05, 4.69) is 52.9 Å². The smallest absolute Gasteiger partial charge is 0.119 e. The Labute approximate surface area is 150 Å². The lowest BCUT2D eigenvalue weighted by molar-refractivity contribution is -0.189. The summed E-state index contributed by atoms with van der Waals surface area (Å²) >= 11 is 0. The van der Waals surface area contributed by atoms with E-state index in [1.165, 1.54) is 29.6 Å². The van der Waals surface area contributed by atoms with Crippen LogP contribution in [0.25, 0.3) is 10.9 Å². The van der Waals surface area contributed by atoms with E-state index >= 15 is 0 Å². The lowest BCUT2D eigenvalue weighted by Crippen LogP contribution is -2.66. The summed E-state index contributed by atoms with van der Waals surface area (Å²) in [5, 5.41) is 1.33. The number of fused-ring (bicyclic) bond motifs is 1. The number of ether oxygens (including phenoxy) is 2. The molecule has 136 valence electrons. The van der Waals surface area contributed by atoms with Gasteiger partial charge in [-0.25, -0.2) is 0 Å². The van der Waals surface area contributed by atoms with Gasteiger partial charge in [-0.2, -0.15) is 0 Å². The molecule has 0 bridgehead atoms. The fourth-order valence-corrected chi connectivity index (χ4v) is 4.09. The third-order valence-electron chi connectivity index (χ3n) is 5.59. The molecule has 0 atom stereocenters. The number of hydrogen-bond acceptors (Lipinski definition) is 4. The van der Waals surface area contributed by atoms with Crippen LogP contribution in [-0.2, 0) is 17.7 Å². The van der Waals surface area contributed by atoms with Gasteiger partial charge in [0.05, 0.1) is 20.3 Å². The first-order valence-electron chi connectivity index (χ1n) is 9.19. The Balaban J connectivity index is 1.49. The lowest BCUT2D eigenvalue weighted by atomic mass is 9.78. The molecule has 2 aliphatic rings. The molecule has 1 aromatic heterocycles. The van der Waals surface area contributed by atoms with Crippen LogP contribution in [0.5, 0.6) is 5.75 Å². The summed E-state index contributed by atoms with van der Waals surface area (Å²) in [5.41, 5.74) is 3.23.